The van der Waals surface area contributed by atoms with Gasteiger partial charge in [0, 0.05) is 26.2 Å². The monoisotopic (exact) mass is 348 g/mol. The quantitative estimate of drug-likeness (QED) is 0.614. The number of amides is 1. The van der Waals surface area contributed by atoms with E-state index in [9.17, 15) is 9.18 Å². The molecule has 0 saturated heterocycles. The van der Waals surface area contributed by atoms with Crippen LogP contribution in [0.2, 0.25) is 0 Å². The molecule has 0 bridgehead atoms. The summed E-state index contributed by atoms with van der Waals surface area (Å²) in [5, 5.41) is 6.27. The van der Waals surface area contributed by atoms with Gasteiger partial charge < -0.3 is 15.5 Å². The minimum atomic E-state index is -0.244. The van der Waals surface area contributed by atoms with E-state index in [4.69, 9.17) is 0 Å². The first-order valence-electron chi connectivity index (χ1n) is 9.11. The molecule has 2 rings (SSSR count). The van der Waals surface area contributed by atoms with Crippen LogP contribution in [-0.2, 0) is 11.3 Å². The fourth-order valence-electron chi connectivity index (χ4n) is 3.08. The highest BCUT2D eigenvalue weighted by atomic mass is 19.1. The standard InChI is InChI=1S/C19H29FN4O/c1-3-21-19(24(2)14-15-9-11-16(20)12-10-15)22-13-18(25)23-17-7-5-4-6-8-17/h9-12,17H,3-8,13-14H2,1-2H3,(H,21,22)(H,23,25). The highest BCUT2D eigenvalue weighted by Crippen LogP contribution is 2.17. The molecule has 1 aromatic rings. The van der Waals surface area contributed by atoms with Crippen molar-refractivity contribution in [3.8, 4) is 0 Å². The molecule has 0 heterocycles. The summed E-state index contributed by atoms with van der Waals surface area (Å²) in [4.78, 5) is 18.5. The van der Waals surface area contributed by atoms with Gasteiger partial charge in [0.25, 0.3) is 0 Å². The minimum absolute atomic E-state index is 0.0301. The Morgan fingerprint density at radius 1 is 1.24 bits per heavy atom. The Kier molecular flexibility index (Phi) is 7.70. The maximum atomic E-state index is 13.0. The van der Waals surface area contributed by atoms with Gasteiger partial charge in [-0.15, -0.1) is 0 Å². The molecule has 1 aromatic carbocycles. The zero-order chi connectivity index (χ0) is 18.1. The number of halogens is 1. The number of carbonyl (C=O) groups is 1. The predicted octanol–water partition coefficient (Wildman–Crippen LogP) is 2.67. The van der Waals surface area contributed by atoms with Crippen LogP contribution in [0.4, 0.5) is 4.39 Å². The number of carbonyl (C=O) groups excluding carboxylic acids is 1. The maximum Gasteiger partial charge on any atom is 0.242 e. The molecular weight excluding hydrogens is 319 g/mol. The molecular formula is C19H29FN4O. The topological polar surface area (TPSA) is 56.7 Å². The van der Waals surface area contributed by atoms with E-state index < -0.39 is 0 Å². The number of aliphatic imine (C=N–C) groups is 1. The van der Waals surface area contributed by atoms with Crippen LogP contribution in [0.25, 0.3) is 0 Å². The van der Waals surface area contributed by atoms with Gasteiger partial charge in [-0.1, -0.05) is 31.4 Å². The molecule has 1 fully saturated rings. The molecule has 0 aliphatic heterocycles. The summed E-state index contributed by atoms with van der Waals surface area (Å²) < 4.78 is 13.0. The molecule has 0 aromatic heterocycles. The second-order valence-corrected chi connectivity index (χ2v) is 6.56. The number of benzene rings is 1. The van der Waals surface area contributed by atoms with E-state index in [2.05, 4.69) is 15.6 Å². The lowest BCUT2D eigenvalue weighted by Gasteiger charge is -2.23. The number of nitrogens with one attached hydrogen (secondary N) is 2. The SMILES string of the molecule is CCNC(=NCC(=O)NC1CCCCC1)N(C)Cc1ccc(F)cc1. The normalized spacial score (nSPS) is 15.7. The lowest BCUT2D eigenvalue weighted by molar-refractivity contribution is -0.120. The Hall–Kier alpha value is -2.11. The molecule has 0 spiro atoms. The van der Waals surface area contributed by atoms with E-state index in [1.165, 1.54) is 31.4 Å². The summed E-state index contributed by atoms with van der Waals surface area (Å²) in [7, 11) is 1.91. The van der Waals surface area contributed by atoms with E-state index in [0.29, 0.717) is 18.5 Å². The van der Waals surface area contributed by atoms with Crippen LogP contribution >= 0.6 is 0 Å². The van der Waals surface area contributed by atoms with Crippen molar-refractivity contribution in [1.29, 1.82) is 0 Å². The lowest BCUT2D eigenvalue weighted by atomic mass is 9.95. The molecule has 0 radical (unpaired) electrons. The molecule has 2 N–H and O–H groups in total. The first kappa shape index (κ1) is 19.2. The summed E-state index contributed by atoms with van der Waals surface area (Å²) in [6, 6.07) is 6.71. The molecule has 25 heavy (non-hydrogen) atoms. The summed E-state index contributed by atoms with van der Waals surface area (Å²) >= 11 is 0. The Morgan fingerprint density at radius 2 is 1.92 bits per heavy atom. The van der Waals surface area contributed by atoms with Gasteiger partial charge in [-0.05, 0) is 37.5 Å². The van der Waals surface area contributed by atoms with Crippen LogP contribution in [-0.4, -0.2) is 42.9 Å². The van der Waals surface area contributed by atoms with Crippen molar-refractivity contribution < 1.29 is 9.18 Å². The van der Waals surface area contributed by atoms with Crippen LogP contribution in [0, 0.1) is 5.82 Å². The fourth-order valence-corrected chi connectivity index (χ4v) is 3.08. The van der Waals surface area contributed by atoms with Gasteiger partial charge in [0.15, 0.2) is 5.96 Å². The van der Waals surface area contributed by atoms with E-state index in [0.717, 1.165) is 24.9 Å². The molecule has 1 aliphatic rings. The van der Waals surface area contributed by atoms with E-state index in [1.54, 1.807) is 12.1 Å². The van der Waals surface area contributed by atoms with Crippen LogP contribution in [0.15, 0.2) is 29.3 Å². The lowest BCUT2D eigenvalue weighted by Crippen LogP contribution is -2.41. The summed E-state index contributed by atoms with van der Waals surface area (Å²) in [5.41, 5.74) is 0.987. The van der Waals surface area contributed by atoms with E-state index >= 15 is 0 Å². The van der Waals surface area contributed by atoms with Crippen LogP contribution in [0.1, 0.15) is 44.6 Å². The van der Waals surface area contributed by atoms with Gasteiger partial charge in [-0.25, -0.2) is 9.38 Å². The van der Waals surface area contributed by atoms with E-state index in [1.807, 2.05) is 18.9 Å². The second-order valence-electron chi connectivity index (χ2n) is 6.56. The maximum absolute atomic E-state index is 13.0. The number of rotatable bonds is 6. The molecule has 1 saturated carbocycles. The summed E-state index contributed by atoms with van der Waals surface area (Å²) in [6.07, 6.45) is 5.79. The molecule has 6 heteroatoms. The van der Waals surface area contributed by atoms with Crippen LogP contribution < -0.4 is 10.6 Å². The number of guanidine groups is 1. The van der Waals surface area contributed by atoms with Gasteiger partial charge in [0.2, 0.25) is 5.91 Å². The Morgan fingerprint density at radius 3 is 2.56 bits per heavy atom. The van der Waals surface area contributed by atoms with Gasteiger partial charge in [0.1, 0.15) is 12.4 Å². The van der Waals surface area contributed by atoms with Crippen molar-refractivity contribution in [3.05, 3.63) is 35.6 Å². The average Bonchev–Trinajstić information content (AvgIpc) is 2.61. The van der Waals surface area contributed by atoms with Crippen LogP contribution in [0.5, 0.6) is 0 Å². The Balaban J connectivity index is 1.89. The second kappa shape index (κ2) is 10.0. The Labute approximate surface area is 149 Å². The van der Waals surface area contributed by atoms with Crippen molar-refractivity contribution >= 4 is 11.9 Å². The van der Waals surface area contributed by atoms with Crippen molar-refractivity contribution in [2.45, 2.75) is 51.6 Å². The number of nitrogens with zero attached hydrogens (tertiary/aromatic N) is 2. The Bertz CT molecular complexity index is 567. The molecule has 0 unspecified atom stereocenters. The predicted molar refractivity (Wildman–Crippen MR) is 98.9 cm³/mol. The zero-order valence-corrected chi connectivity index (χ0v) is 15.2. The third kappa shape index (κ3) is 6.72. The number of hydrogen-bond acceptors (Lipinski definition) is 2. The van der Waals surface area contributed by atoms with Gasteiger partial charge in [-0.3, -0.25) is 4.79 Å². The summed E-state index contributed by atoms with van der Waals surface area (Å²) in [6.45, 7) is 3.42. The van der Waals surface area contributed by atoms with Crippen molar-refractivity contribution in [2.24, 2.45) is 4.99 Å². The number of hydrogen-bond donors (Lipinski definition) is 2. The molecule has 1 aliphatic carbocycles. The third-order valence-corrected chi connectivity index (χ3v) is 4.37. The van der Waals surface area contributed by atoms with Gasteiger partial charge in [-0.2, -0.15) is 0 Å². The third-order valence-electron chi connectivity index (χ3n) is 4.37. The minimum Gasteiger partial charge on any atom is -0.357 e. The average molecular weight is 348 g/mol. The van der Waals surface area contributed by atoms with E-state index in [-0.39, 0.29) is 18.3 Å². The van der Waals surface area contributed by atoms with Crippen molar-refractivity contribution in [1.82, 2.24) is 15.5 Å². The molecule has 5 nitrogen and oxygen atoms in total. The fraction of sp³-hybridized carbons (Fsp3) is 0.579. The summed E-state index contributed by atoms with van der Waals surface area (Å²) in [5.74, 6) is 0.398. The van der Waals surface area contributed by atoms with Crippen LogP contribution in [0.3, 0.4) is 0 Å². The largest absolute Gasteiger partial charge is 0.357 e. The van der Waals surface area contributed by atoms with Crippen molar-refractivity contribution in [3.63, 3.8) is 0 Å². The highest BCUT2D eigenvalue weighted by molar-refractivity contribution is 5.85. The molecule has 1 amide bonds. The molecule has 138 valence electrons. The van der Waals surface area contributed by atoms with Gasteiger partial charge in [0.05, 0.1) is 0 Å². The first-order valence-corrected chi connectivity index (χ1v) is 9.11. The smallest absolute Gasteiger partial charge is 0.242 e. The first-order chi connectivity index (χ1) is 12.1. The highest BCUT2D eigenvalue weighted by Gasteiger charge is 2.15. The van der Waals surface area contributed by atoms with Crippen molar-refractivity contribution in [2.75, 3.05) is 20.1 Å². The van der Waals surface area contributed by atoms with Gasteiger partial charge >= 0.3 is 0 Å². The molecule has 0 atom stereocenters. The zero-order valence-electron chi connectivity index (χ0n) is 15.2.